The quantitative estimate of drug-likeness (QED) is 0.937. The predicted octanol–water partition coefficient (Wildman–Crippen LogP) is 2.88. The maximum absolute atomic E-state index is 13.1. The van der Waals surface area contributed by atoms with Gasteiger partial charge < -0.3 is 5.11 Å². The van der Waals surface area contributed by atoms with Crippen LogP contribution in [-0.2, 0) is 10.0 Å². The van der Waals surface area contributed by atoms with E-state index in [0.717, 1.165) is 17.5 Å². The van der Waals surface area contributed by atoms with Gasteiger partial charge in [-0.3, -0.25) is 0 Å². The van der Waals surface area contributed by atoms with Crippen LogP contribution in [0.2, 0.25) is 0 Å². The lowest BCUT2D eigenvalue weighted by Crippen LogP contribution is -2.39. The first kappa shape index (κ1) is 16.2. The monoisotopic (exact) mass is 331 g/mol. The topological polar surface area (TPSA) is 57.6 Å². The van der Waals surface area contributed by atoms with E-state index in [1.165, 1.54) is 4.31 Å². The molecule has 2 atom stereocenters. The fourth-order valence-electron chi connectivity index (χ4n) is 3.22. The number of aryl methyl sites for hydroxylation is 1. The highest BCUT2D eigenvalue weighted by atomic mass is 32.2. The predicted molar refractivity (Wildman–Crippen MR) is 89.5 cm³/mol. The fraction of sp³-hybridized carbons (Fsp3) is 0.333. The van der Waals surface area contributed by atoms with Crippen molar-refractivity contribution in [3.8, 4) is 0 Å². The van der Waals surface area contributed by atoms with Crippen LogP contribution < -0.4 is 0 Å². The van der Waals surface area contributed by atoms with Gasteiger partial charge in [-0.1, -0.05) is 48.0 Å². The molecule has 5 heteroatoms. The Labute approximate surface area is 137 Å². The molecule has 2 aromatic carbocycles. The zero-order chi connectivity index (χ0) is 16.4. The molecule has 1 fully saturated rings. The summed E-state index contributed by atoms with van der Waals surface area (Å²) in [6.07, 6.45) is 1.39. The van der Waals surface area contributed by atoms with Crippen molar-refractivity contribution in [2.24, 2.45) is 0 Å². The molecule has 4 nitrogen and oxygen atoms in total. The lowest BCUT2D eigenvalue weighted by Gasteiger charge is -2.29. The van der Waals surface area contributed by atoms with Crippen LogP contribution in [0.4, 0.5) is 0 Å². The molecule has 1 N–H and O–H groups in total. The van der Waals surface area contributed by atoms with Crippen LogP contribution in [0.3, 0.4) is 0 Å². The molecule has 0 amide bonds. The molecule has 1 saturated heterocycles. The minimum absolute atomic E-state index is 0.158. The maximum atomic E-state index is 13.1. The van der Waals surface area contributed by atoms with Gasteiger partial charge >= 0.3 is 0 Å². The van der Waals surface area contributed by atoms with Crippen molar-refractivity contribution in [1.29, 1.82) is 0 Å². The van der Waals surface area contributed by atoms with Crippen LogP contribution >= 0.6 is 0 Å². The van der Waals surface area contributed by atoms with Gasteiger partial charge in [-0.15, -0.1) is 0 Å². The number of sulfonamides is 1. The van der Waals surface area contributed by atoms with Gasteiger partial charge in [0.05, 0.1) is 17.5 Å². The smallest absolute Gasteiger partial charge is 0.243 e. The maximum Gasteiger partial charge on any atom is 0.243 e. The molecule has 2 aromatic rings. The second-order valence-electron chi connectivity index (χ2n) is 5.99. The molecule has 23 heavy (non-hydrogen) atoms. The Hall–Kier alpha value is -1.69. The Balaban J connectivity index is 2.03. The number of aliphatic hydroxyl groups is 1. The lowest BCUT2D eigenvalue weighted by molar-refractivity contribution is 0.197. The molecule has 0 radical (unpaired) electrons. The second-order valence-corrected chi connectivity index (χ2v) is 7.83. The van der Waals surface area contributed by atoms with Crippen LogP contribution in [0, 0.1) is 6.92 Å². The third-order valence-electron chi connectivity index (χ3n) is 4.43. The molecule has 122 valence electrons. The summed E-state index contributed by atoms with van der Waals surface area (Å²) in [6.45, 7) is 1.77. The van der Waals surface area contributed by atoms with E-state index in [4.69, 9.17) is 0 Å². The van der Waals surface area contributed by atoms with E-state index in [0.29, 0.717) is 6.42 Å². The number of benzene rings is 2. The molecule has 0 spiro atoms. The van der Waals surface area contributed by atoms with Crippen LogP contribution in [0.25, 0.3) is 0 Å². The van der Waals surface area contributed by atoms with E-state index in [2.05, 4.69) is 0 Å². The SMILES string of the molecule is Cc1ccc(S(=O)(=O)N2[C@H](CO)CC[C@H]2c2ccccc2)cc1. The van der Waals surface area contributed by atoms with Crippen molar-refractivity contribution in [3.05, 3.63) is 65.7 Å². The molecule has 0 bridgehead atoms. The molecule has 0 saturated carbocycles. The summed E-state index contributed by atoms with van der Waals surface area (Å²) in [4.78, 5) is 0.282. The Kier molecular flexibility index (Phi) is 4.53. The van der Waals surface area contributed by atoms with Gasteiger partial charge in [0, 0.05) is 6.04 Å². The normalized spacial score (nSPS) is 22.3. The van der Waals surface area contributed by atoms with Crippen molar-refractivity contribution in [2.45, 2.75) is 36.7 Å². The number of rotatable bonds is 4. The van der Waals surface area contributed by atoms with Gasteiger partial charge in [0.15, 0.2) is 0 Å². The summed E-state index contributed by atoms with van der Waals surface area (Å²) in [5.74, 6) is 0. The van der Waals surface area contributed by atoms with E-state index >= 15 is 0 Å². The highest BCUT2D eigenvalue weighted by molar-refractivity contribution is 7.89. The van der Waals surface area contributed by atoms with Crippen molar-refractivity contribution in [2.75, 3.05) is 6.61 Å². The number of nitrogens with zero attached hydrogens (tertiary/aromatic N) is 1. The van der Waals surface area contributed by atoms with Crippen molar-refractivity contribution >= 4 is 10.0 Å². The molecule has 0 aromatic heterocycles. The van der Waals surface area contributed by atoms with Crippen LogP contribution in [-0.4, -0.2) is 30.5 Å². The average Bonchev–Trinajstić information content (AvgIpc) is 3.01. The largest absolute Gasteiger partial charge is 0.395 e. The van der Waals surface area contributed by atoms with Gasteiger partial charge in [-0.25, -0.2) is 8.42 Å². The van der Waals surface area contributed by atoms with E-state index in [1.54, 1.807) is 24.3 Å². The zero-order valence-electron chi connectivity index (χ0n) is 13.1. The summed E-state index contributed by atoms with van der Waals surface area (Å²) in [6, 6.07) is 15.9. The first-order valence-electron chi connectivity index (χ1n) is 7.80. The number of hydrogen-bond donors (Lipinski definition) is 1. The molecule has 1 heterocycles. The number of hydrogen-bond acceptors (Lipinski definition) is 3. The van der Waals surface area contributed by atoms with E-state index in [-0.39, 0.29) is 23.6 Å². The second kappa shape index (κ2) is 6.43. The molecule has 1 aliphatic rings. The van der Waals surface area contributed by atoms with Gasteiger partial charge in [-0.2, -0.15) is 4.31 Å². The Morgan fingerprint density at radius 3 is 2.30 bits per heavy atom. The van der Waals surface area contributed by atoms with Crippen molar-refractivity contribution in [1.82, 2.24) is 4.31 Å². The first-order valence-corrected chi connectivity index (χ1v) is 9.24. The molecule has 1 aliphatic heterocycles. The summed E-state index contributed by atoms with van der Waals surface area (Å²) in [5.41, 5.74) is 1.99. The summed E-state index contributed by atoms with van der Waals surface area (Å²) < 4.78 is 27.7. The van der Waals surface area contributed by atoms with Gasteiger partial charge in [0.25, 0.3) is 0 Å². The lowest BCUT2D eigenvalue weighted by atomic mass is 10.1. The summed E-state index contributed by atoms with van der Waals surface area (Å²) >= 11 is 0. The minimum atomic E-state index is -3.64. The van der Waals surface area contributed by atoms with Crippen molar-refractivity contribution < 1.29 is 13.5 Å². The minimum Gasteiger partial charge on any atom is -0.395 e. The third kappa shape index (κ3) is 3.04. The van der Waals surface area contributed by atoms with E-state index in [1.807, 2.05) is 37.3 Å². The molecular weight excluding hydrogens is 310 g/mol. The molecule has 3 rings (SSSR count). The van der Waals surface area contributed by atoms with E-state index < -0.39 is 10.0 Å². The van der Waals surface area contributed by atoms with Gasteiger partial charge in [0.1, 0.15) is 0 Å². The van der Waals surface area contributed by atoms with Crippen LogP contribution in [0.5, 0.6) is 0 Å². The standard InChI is InChI=1S/C18H21NO3S/c1-14-7-10-17(11-8-14)23(21,22)19-16(13-20)9-12-18(19)15-5-3-2-4-6-15/h2-8,10-11,16,18,20H,9,12-13H2,1H3/t16-,18-/m0/s1. The third-order valence-corrected chi connectivity index (χ3v) is 6.41. The molecule has 0 aliphatic carbocycles. The average molecular weight is 331 g/mol. The van der Waals surface area contributed by atoms with Gasteiger partial charge in [0.2, 0.25) is 10.0 Å². The first-order chi connectivity index (χ1) is 11.0. The Morgan fingerprint density at radius 2 is 1.70 bits per heavy atom. The summed E-state index contributed by atoms with van der Waals surface area (Å²) in [5, 5.41) is 9.65. The zero-order valence-corrected chi connectivity index (χ0v) is 13.9. The highest BCUT2D eigenvalue weighted by Crippen LogP contribution is 2.40. The van der Waals surface area contributed by atoms with E-state index in [9.17, 15) is 13.5 Å². The molecule has 0 unspecified atom stereocenters. The van der Waals surface area contributed by atoms with Crippen LogP contribution in [0.15, 0.2) is 59.5 Å². The highest BCUT2D eigenvalue weighted by Gasteiger charge is 2.42. The Bertz CT molecular complexity index is 757. The van der Waals surface area contributed by atoms with Crippen LogP contribution in [0.1, 0.15) is 30.0 Å². The fourth-order valence-corrected chi connectivity index (χ4v) is 5.07. The van der Waals surface area contributed by atoms with Gasteiger partial charge in [-0.05, 0) is 37.5 Å². The molecular formula is C18H21NO3S. The summed E-state index contributed by atoms with van der Waals surface area (Å²) in [7, 11) is -3.64. The number of aliphatic hydroxyl groups excluding tert-OH is 1. The Morgan fingerprint density at radius 1 is 1.04 bits per heavy atom. The van der Waals surface area contributed by atoms with Crippen molar-refractivity contribution in [3.63, 3.8) is 0 Å².